The number of carbonyl (C=O) groups is 2. The smallest absolute Gasteiger partial charge is 0.368 e. The van der Waals surface area contributed by atoms with Crippen LogP contribution in [0.15, 0.2) is 48.5 Å². The fourth-order valence-corrected chi connectivity index (χ4v) is 5.74. The van der Waals surface area contributed by atoms with Crippen LogP contribution in [0, 0.1) is 0 Å². The second-order valence-electron chi connectivity index (χ2n) is 8.74. The second-order valence-corrected chi connectivity index (χ2v) is 10.3. The fourth-order valence-electron chi connectivity index (χ4n) is 4.58. The Kier molecular flexibility index (Phi) is 6.65. The number of anilines is 2. The standard InChI is InChI=1S/C25H22ClF3N4O2S/c26-17-6-4-15(5-7-17)22(34)31-24-30-21-19(8-9-20(21)36-24)23(35)33-12-10-32(11-13-33)18-3-1-2-16(14-18)25(27,28)29/h1-7,14,19H,8-13H2,(H,30,31,34). The summed E-state index contributed by atoms with van der Waals surface area (Å²) in [7, 11) is 0. The summed E-state index contributed by atoms with van der Waals surface area (Å²) in [5.41, 5.74) is 0.984. The van der Waals surface area contributed by atoms with Crippen molar-refractivity contribution in [3.05, 3.63) is 75.3 Å². The summed E-state index contributed by atoms with van der Waals surface area (Å²) in [5, 5.41) is 3.79. The van der Waals surface area contributed by atoms with Crippen LogP contribution >= 0.6 is 22.9 Å². The average molecular weight is 535 g/mol. The quantitative estimate of drug-likeness (QED) is 0.484. The number of hydrogen-bond donors (Lipinski definition) is 1. The fraction of sp³-hybridized carbons (Fsp3) is 0.320. The van der Waals surface area contributed by atoms with E-state index in [9.17, 15) is 22.8 Å². The minimum absolute atomic E-state index is 0.0293. The number of aryl methyl sites for hydroxylation is 1. The first kappa shape index (κ1) is 24.6. The van der Waals surface area contributed by atoms with E-state index in [0.29, 0.717) is 66.1 Å². The lowest BCUT2D eigenvalue weighted by molar-refractivity contribution is -0.137. The molecule has 1 aliphatic heterocycles. The molecule has 11 heteroatoms. The number of hydrogen-bond acceptors (Lipinski definition) is 5. The highest BCUT2D eigenvalue weighted by Gasteiger charge is 2.37. The molecule has 2 heterocycles. The molecule has 0 saturated carbocycles. The van der Waals surface area contributed by atoms with Gasteiger partial charge in [-0.3, -0.25) is 14.9 Å². The van der Waals surface area contributed by atoms with Crippen LogP contribution in [0.25, 0.3) is 0 Å². The van der Waals surface area contributed by atoms with Gasteiger partial charge in [0.2, 0.25) is 5.91 Å². The van der Waals surface area contributed by atoms with E-state index in [1.54, 1.807) is 35.2 Å². The van der Waals surface area contributed by atoms with Crippen molar-refractivity contribution in [2.75, 3.05) is 36.4 Å². The van der Waals surface area contributed by atoms with Gasteiger partial charge in [0.05, 0.1) is 17.2 Å². The zero-order valence-electron chi connectivity index (χ0n) is 19.0. The van der Waals surface area contributed by atoms with Crippen LogP contribution in [0.5, 0.6) is 0 Å². The summed E-state index contributed by atoms with van der Waals surface area (Å²) < 4.78 is 39.2. The lowest BCUT2D eigenvalue weighted by atomic mass is 10.0. The Labute approximate surface area is 214 Å². The van der Waals surface area contributed by atoms with Gasteiger partial charge in [-0.05, 0) is 55.3 Å². The Morgan fingerprint density at radius 3 is 2.47 bits per heavy atom. The zero-order valence-corrected chi connectivity index (χ0v) is 20.6. The average Bonchev–Trinajstić information content (AvgIpc) is 3.44. The Bertz CT molecular complexity index is 1290. The van der Waals surface area contributed by atoms with Gasteiger partial charge in [-0.2, -0.15) is 13.2 Å². The Morgan fingerprint density at radius 2 is 1.78 bits per heavy atom. The Hall–Kier alpha value is -3.11. The van der Waals surface area contributed by atoms with Gasteiger partial charge in [-0.25, -0.2) is 4.98 Å². The molecule has 5 rings (SSSR count). The third-order valence-electron chi connectivity index (χ3n) is 6.47. The highest BCUT2D eigenvalue weighted by atomic mass is 35.5. The topological polar surface area (TPSA) is 65.5 Å². The summed E-state index contributed by atoms with van der Waals surface area (Å²) in [6, 6.07) is 11.8. The lowest BCUT2D eigenvalue weighted by Crippen LogP contribution is -2.50. The highest BCUT2D eigenvalue weighted by molar-refractivity contribution is 7.16. The normalized spacial score (nSPS) is 17.7. The van der Waals surface area contributed by atoms with Gasteiger partial charge in [-0.1, -0.05) is 17.7 Å². The molecule has 1 aromatic heterocycles. The van der Waals surface area contributed by atoms with Crippen LogP contribution in [-0.4, -0.2) is 47.9 Å². The van der Waals surface area contributed by atoms with Crippen molar-refractivity contribution in [3.8, 4) is 0 Å². The van der Waals surface area contributed by atoms with E-state index in [4.69, 9.17) is 11.6 Å². The maximum Gasteiger partial charge on any atom is 0.416 e. The van der Waals surface area contributed by atoms with Crippen molar-refractivity contribution in [3.63, 3.8) is 0 Å². The number of benzene rings is 2. The number of nitrogens with zero attached hydrogens (tertiary/aromatic N) is 3. The highest BCUT2D eigenvalue weighted by Crippen LogP contribution is 2.40. The Morgan fingerprint density at radius 1 is 1.06 bits per heavy atom. The van der Waals surface area contributed by atoms with E-state index < -0.39 is 11.7 Å². The van der Waals surface area contributed by atoms with Crippen LogP contribution < -0.4 is 10.2 Å². The molecule has 1 saturated heterocycles. The third kappa shape index (κ3) is 5.05. The molecule has 2 amide bonds. The molecule has 0 radical (unpaired) electrons. The molecule has 36 heavy (non-hydrogen) atoms. The van der Waals surface area contributed by atoms with Crippen molar-refractivity contribution in [1.29, 1.82) is 0 Å². The van der Waals surface area contributed by atoms with Crippen molar-refractivity contribution in [2.24, 2.45) is 0 Å². The number of nitrogens with one attached hydrogen (secondary N) is 1. The minimum atomic E-state index is -4.39. The predicted molar refractivity (Wildman–Crippen MR) is 133 cm³/mol. The first-order valence-electron chi connectivity index (χ1n) is 11.5. The van der Waals surface area contributed by atoms with E-state index in [2.05, 4.69) is 10.3 Å². The summed E-state index contributed by atoms with van der Waals surface area (Å²) in [4.78, 5) is 35.0. The first-order valence-corrected chi connectivity index (χ1v) is 12.7. The molecule has 2 aromatic carbocycles. The number of piperazine rings is 1. The largest absolute Gasteiger partial charge is 0.416 e. The molecule has 1 aliphatic carbocycles. The third-order valence-corrected chi connectivity index (χ3v) is 7.77. The maximum absolute atomic E-state index is 13.3. The molecule has 0 bridgehead atoms. The monoisotopic (exact) mass is 534 g/mol. The molecule has 0 spiro atoms. The zero-order chi connectivity index (χ0) is 25.4. The van der Waals surface area contributed by atoms with Crippen molar-refractivity contribution >= 4 is 45.6 Å². The van der Waals surface area contributed by atoms with E-state index >= 15 is 0 Å². The molecule has 6 nitrogen and oxygen atoms in total. The molecule has 1 atom stereocenters. The van der Waals surface area contributed by atoms with E-state index in [1.165, 1.54) is 17.4 Å². The van der Waals surface area contributed by atoms with Gasteiger partial charge >= 0.3 is 6.18 Å². The number of alkyl halides is 3. The first-order chi connectivity index (χ1) is 17.2. The van der Waals surface area contributed by atoms with Crippen LogP contribution in [-0.2, 0) is 17.4 Å². The van der Waals surface area contributed by atoms with Crippen LogP contribution in [0.4, 0.5) is 24.0 Å². The summed E-state index contributed by atoms with van der Waals surface area (Å²) in [5.74, 6) is -0.705. The minimum Gasteiger partial charge on any atom is -0.368 e. The van der Waals surface area contributed by atoms with Gasteiger partial charge < -0.3 is 9.80 Å². The van der Waals surface area contributed by atoms with Gasteiger partial charge in [0.15, 0.2) is 5.13 Å². The van der Waals surface area contributed by atoms with Crippen LogP contribution in [0.2, 0.25) is 5.02 Å². The molecule has 1 N–H and O–H groups in total. The van der Waals surface area contributed by atoms with Gasteiger partial charge in [0.25, 0.3) is 5.91 Å². The van der Waals surface area contributed by atoms with Crippen LogP contribution in [0.1, 0.15) is 38.8 Å². The Balaban J connectivity index is 1.21. The van der Waals surface area contributed by atoms with E-state index in [0.717, 1.165) is 17.0 Å². The van der Waals surface area contributed by atoms with Gasteiger partial charge in [0, 0.05) is 47.3 Å². The summed E-state index contributed by atoms with van der Waals surface area (Å²) >= 11 is 7.25. The summed E-state index contributed by atoms with van der Waals surface area (Å²) in [6.45, 7) is 1.74. The van der Waals surface area contributed by atoms with E-state index in [1.807, 2.05) is 4.90 Å². The molecule has 188 valence electrons. The number of halogens is 4. The number of fused-ring (bicyclic) bond motifs is 1. The number of carbonyl (C=O) groups excluding carboxylic acids is 2. The number of amides is 2. The van der Waals surface area contributed by atoms with Crippen LogP contribution in [0.3, 0.4) is 0 Å². The van der Waals surface area contributed by atoms with Crippen molar-refractivity contribution in [1.82, 2.24) is 9.88 Å². The number of thiazole rings is 1. The summed E-state index contributed by atoms with van der Waals surface area (Å²) in [6.07, 6.45) is -3.02. The molecular weight excluding hydrogens is 513 g/mol. The van der Waals surface area contributed by atoms with Crippen molar-refractivity contribution < 1.29 is 22.8 Å². The van der Waals surface area contributed by atoms with Crippen molar-refractivity contribution in [2.45, 2.75) is 24.9 Å². The van der Waals surface area contributed by atoms with Gasteiger partial charge in [-0.15, -0.1) is 11.3 Å². The molecule has 1 unspecified atom stereocenters. The van der Waals surface area contributed by atoms with E-state index in [-0.39, 0.29) is 17.7 Å². The van der Waals surface area contributed by atoms with Gasteiger partial charge in [0.1, 0.15) is 0 Å². The second kappa shape index (κ2) is 9.74. The number of aromatic nitrogens is 1. The number of rotatable bonds is 4. The SMILES string of the molecule is O=C(Nc1nc2c(s1)CCC2C(=O)N1CCN(c2cccc(C(F)(F)F)c2)CC1)c1ccc(Cl)cc1. The molecule has 1 fully saturated rings. The molecule has 3 aromatic rings. The maximum atomic E-state index is 13.3. The lowest BCUT2D eigenvalue weighted by Gasteiger charge is -2.37. The molecule has 2 aliphatic rings. The predicted octanol–water partition coefficient (Wildman–Crippen LogP) is 5.45. The molecular formula is C25H22ClF3N4O2S.